The van der Waals surface area contributed by atoms with Gasteiger partial charge in [0.15, 0.2) is 0 Å². The molecule has 0 saturated carbocycles. The molecule has 0 aliphatic rings. The van der Waals surface area contributed by atoms with Crippen molar-refractivity contribution in [3.63, 3.8) is 0 Å². The molecule has 0 aliphatic carbocycles. The van der Waals surface area contributed by atoms with Gasteiger partial charge >= 0.3 is 0 Å². The van der Waals surface area contributed by atoms with Gasteiger partial charge in [-0.3, -0.25) is 4.99 Å². The van der Waals surface area contributed by atoms with E-state index < -0.39 is 0 Å². The number of allylic oxidation sites excluding steroid dienone is 2. The molecule has 0 heterocycles. The van der Waals surface area contributed by atoms with Crippen molar-refractivity contribution in [2.45, 2.75) is 0 Å². The predicted octanol–water partition coefficient (Wildman–Crippen LogP) is 4.61. The van der Waals surface area contributed by atoms with Gasteiger partial charge in [0.2, 0.25) is 0 Å². The number of halogens is 1. The highest BCUT2D eigenvalue weighted by molar-refractivity contribution is 5.65. The summed E-state index contributed by atoms with van der Waals surface area (Å²) in [4.78, 5) is 3.60. The number of nitrogens with zero attached hydrogens (tertiary/aromatic N) is 1. The van der Waals surface area contributed by atoms with E-state index in [9.17, 15) is 4.39 Å². The first kappa shape index (κ1) is 14.5. The average molecular weight is 275 g/mol. The Kier molecular flexibility index (Phi) is 4.84. The Morgan fingerprint density at radius 2 is 1.81 bits per heavy atom. The van der Waals surface area contributed by atoms with Crippen molar-refractivity contribution in [2.24, 2.45) is 4.99 Å². The third-order valence-electron chi connectivity index (χ3n) is 2.77. The second-order valence-corrected chi connectivity index (χ2v) is 4.36. The van der Waals surface area contributed by atoms with Crippen LogP contribution in [0.3, 0.4) is 0 Å². The molecule has 0 bridgehead atoms. The lowest BCUT2D eigenvalue weighted by Gasteiger charge is -2.02. The van der Waals surface area contributed by atoms with Crippen LogP contribution in [0.1, 0.15) is 5.56 Å². The summed E-state index contributed by atoms with van der Waals surface area (Å²) < 4.78 is 13.3. The summed E-state index contributed by atoms with van der Waals surface area (Å²) in [5.41, 5.74) is 3.25. The Morgan fingerprint density at radius 3 is 2.52 bits per heavy atom. The fraction of sp³-hybridized carbons (Fsp3) is 0. The van der Waals surface area contributed by atoms with Crippen LogP contribution in [-0.2, 0) is 0 Å². The van der Waals surface area contributed by atoms with E-state index in [1.807, 2.05) is 30.3 Å². The zero-order valence-electron chi connectivity index (χ0n) is 11.5. The van der Waals surface area contributed by atoms with Gasteiger partial charge < -0.3 is 0 Å². The zero-order valence-corrected chi connectivity index (χ0v) is 11.5. The fourth-order valence-corrected chi connectivity index (χ4v) is 1.78. The highest BCUT2D eigenvalue weighted by Gasteiger charge is 1.99. The first-order chi connectivity index (χ1) is 10.2. The summed E-state index contributed by atoms with van der Waals surface area (Å²) in [7, 11) is 0. The molecule has 0 spiro atoms. The summed E-state index contributed by atoms with van der Waals surface area (Å²) in [5.74, 6) is 5.70. The molecule has 1 nitrogen and oxygen atoms in total. The van der Waals surface area contributed by atoms with Crippen LogP contribution < -0.4 is 0 Å². The third-order valence-corrected chi connectivity index (χ3v) is 2.77. The first-order valence-electron chi connectivity index (χ1n) is 6.38. The summed E-state index contributed by atoms with van der Waals surface area (Å²) >= 11 is 0. The van der Waals surface area contributed by atoms with Crippen molar-refractivity contribution < 1.29 is 4.39 Å². The maximum absolute atomic E-state index is 13.3. The second kappa shape index (κ2) is 7.02. The molecule has 102 valence electrons. The lowest BCUT2D eigenvalue weighted by Crippen LogP contribution is -1.82. The molecule has 0 radical (unpaired) electrons. The van der Waals surface area contributed by atoms with Gasteiger partial charge in [-0.15, -0.1) is 0 Å². The number of benzene rings is 2. The van der Waals surface area contributed by atoms with Crippen LogP contribution in [0.25, 0.3) is 11.1 Å². The molecule has 0 unspecified atom stereocenters. The van der Waals surface area contributed by atoms with Gasteiger partial charge in [-0.25, -0.2) is 4.39 Å². The van der Waals surface area contributed by atoms with E-state index in [1.165, 1.54) is 12.1 Å². The van der Waals surface area contributed by atoms with Crippen LogP contribution in [-0.4, -0.2) is 6.72 Å². The Balaban J connectivity index is 2.27. The van der Waals surface area contributed by atoms with Gasteiger partial charge in [0.05, 0.1) is 0 Å². The van der Waals surface area contributed by atoms with Crippen LogP contribution in [0.4, 0.5) is 4.39 Å². The monoisotopic (exact) mass is 275 g/mol. The van der Waals surface area contributed by atoms with Crippen LogP contribution >= 0.6 is 0 Å². The highest BCUT2D eigenvalue weighted by Crippen LogP contribution is 2.20. The van der Waals surface area contributed by atoms with Crippen LogP contribution in [0.15, 0.2) is 78.0 Å². The van der Waals surface area contributed by atoms with Gasteiger partial charge in [0.25, 0.3) is 0 Å². The van der Waals surface area contributed by atoms with E-state index in [0.29, 0.717) is 5.57 Å². The van der Waals surface area contributed by atoms with Gasteiger partial charge in [-0.05, 0) is 48.2 Å². The van der Waals surface area contributed by atoms with Gasteiger partial charge in [-0.2, -0.15) is 0 Å². The van der Waals surface area contributed by atoms with E-state index in [0.717, 1.165) is 16.7 Å². The van der Waals surface area contributed by atoms with Crippen LogP contribution in [0.5, 0.6) is 0 Å². The second-order valence-electron chi connectivity index (χ2n) is 4.36. The van der Waals surface area contributed by atoms with Crippen molar-refractivity contribution in [3.8, 4) is 23.0 Å². The van der Waals surface area contributed by atoms with E-state index >= 15 is 0 Å². The standard InChI is InChI=1S/C19H14FN/c1-15(11-12-21-2)9-10-16-5-3-6-17(13-16)18-7-4-8-19(20)14-18/h3-8,11-14H,1-2H2/b12-11-. The summed E-state index contributed by atoms with van der Waals surface area (Å²) in [6.07, 6.45) is 3.23. The largest absolute Gasteiger partial charge is 0.272 e. The van der Waals surface area contributed by atoms with Crippen LogP contribution in [0.2, 0.25) is 0 Å². The van der Waals surface area contributed by atoms with Gasteiger partial charge in [0.1, 0.15) is 5.82 Å². The normalized spacial score (nSPS) is 9.95. The first-order valence-corrected chi connectivity index (χ1v) is 6.38. The average Bonchev–Trinajstić information content (AvgIpc) is 2.51. The van der Waals surface area contributed by atoms with E-state index in [2.05, 4.69) is 30.1 Å². The highest BCUT2D eigenvalue weighted by atomic mass is 19.1. The zero-order chi connectivity index (χ0) is 15.1. The topological polar surface area (TPSA) is 12.4 Å². The van der Waals surface area contributed by atoms with E-state index in [-0.39, 0.29) is 5.82 Å². The SMILES string of the molecule is C=N/C=C\C(=C)C#Cc1cccc(-c2cccc(F)c2)c1. The maximum atomic E-state index is 13.3. The maximum Gasteiger partial charge on any atom is 0.123 e. The fourth-order valence-electron chi connectivity index (χ4n) is 1.78. The molecule has 0 saturated heterocycles. The van der Waals surface area contributed by atoms with Crippen molar-refractivity contribution in [1.82, 2.24) is 0 Å². The molecule has 21 heavy (non-hydrogen) atoms. The Bertz CT molecular complexity index is 760. The summed E-state index contributed by atoms with van der Waals surface area (Å²) in [5, 5.41) is 0. The van der Waals surface area contributed by atoms with Crippen molar-refractivity contribution in [2.75, 3.05) is 0 Å². The quantitative estimate of drug-likeness (QED) is 0.440. The molecule has 0 amide bonds. The third kappa shape index (κ3) is 4.29. The smallest absolute Gasteiger partial charge is 0.123 e. The Labute approximate surface area is 124 Å². The van der Waals surface area contributed by atoms with E-state index in [1.54, 1.807) is 18.3 Å². The van der Waals surface area contributed by atoms with Gasteiger partial charge in [0, 0.05) is 17.3 Å². The van der Waals surface area contributed by atoms with Gasteiger partial charge in [-0.1, -0.05) is 42.7 Å². The molecule has 0 aliphatic heterocycles. The number of rotatable bonds is 3. The Morgan fingerprint density at radius 1 is 1.10 bits per heavy atom. The summed E-state index contributed by atoms with van der Waals surface area (Å²) in [6.45, 7) is 7.15. The lowest BCUT2D eigenvalue weighted by atomic mass is 10.0. The van der Waals surface area contributed by atoms with Crippen molar-refractivity contribution in [3.05, 3.63) is 84.3 Å². The molecular formula is C19H14FN. The lowest BCUT2D eigenvalue weighted by molar-refractivity contribution is 0.628. The molecule has 0 fully saturated rings. The summed E-state index contributed by atoms with van der Waals surface area (Å²) in [6, 6.07) is 14.1. The number of hydrogen-bond donors (Lipinski definition) is 0. The molecule has 2 aromatic carbocycles. The number of aliphatic imine (C=N–C) groups is 1. The Hall–Kier alpha value is -2.92. The minimum absolute atomic E-state index is 0.251. The molecular weight excluding hydrogens is 261 g/mol. The van der Waals surface area contributed by atoms with Crippen LogP contribution in [0, 0.1) is 17.7 Å². The minimum Gasteiger partial charge on any atom is -0.272 e. The molecule has 2 rings (SSSR count). The van der Waals surface area contributed by atoms with Crippen molar-refractivity contribution in [1.29, 1.82) is 0 Å². The molecule has 0 N–H and O–H groups in total. The van der Waals surface area contributed by atoms with Crippen molar-refractivity contribution >= 4 is 6.72 Å². The van der Waals surface area contributed by atoms with E-state index in [4.69, 9.17) is 0 Å². The predicted molar refractivity (Wildman–Crippen MR) is 86.5 cm³/mol. The molecule has 0 atom stereocenters. The molecule has 2 aromatic rings. The molecule has 2 heteroatoms. The molecule has 0 aromatic heterocycles. The number of hydrogen-bond acceptors (Lipinski definition) is 1. The minimum atomic E-state index is -0.251.